The number of hydrogen-bond acceptors (Lipinski definition) is 5. The molecule has 3 N–H and O–H groups in total. The molecule has 0 saturated heterocycles. The molecule has 19 heavy (non-hydrogen) atoms. The second kappa shape index (κ2) is 4.91. The molecule has 1 aromatic carbocycles. The molecule has 2 aromatic heterocycles. The first-order valence-electron chi connectivity index (χ1n) is 5.62. The topological polar surface area (TPSA) is 63.8 Å². The Morgan fingerprint density at radius 3 is 2.74 bits per heavy atom. The van der Waals surface area contributed by atoms with Crippen molar-refractivity contribution in [1.82, 2.24) is 9.97 Å². The third-order valence-corrected chi connectivity index (χ3v) is 3.69. The van der Waals surface area contributed by atoms with Crippen LogP contribution in [0.15, 0.2) is 42.5 Å². The fourth-order valence-electron chi connectivity index (χ4n) is 1.68. The summed E-state index contributed by atoms with van der Waals surface area (Å²) in [5.74, 6) is 0.685. The van der Waals surface area contributed by atoms with Crippen LogP contribution in [0.25, 0.3) is 10.2 Å². The van der Waals surface area contributed by atoms with Crippen molar-refractivity contribution in [2.45, 2.75) is 0 Å². The highest BCUT2D eigenvalue weighted by molar-refractivity contribution is 7.80. The minimum atomic E-state index is 0.285. The van der Waals surface area contributed by atoms with Gasteiger partial charge >= 0.3 is 0 Å². The largest absolute Gasteiger partial charge is 0.388 e. The number of fused-ring (bicyclic) bond motifs is 1. The number of benzene rings is 1. The SMILES string of the molecule is NC(=S)c1cccc(Nc2nc3ccccc3s2)n1. The lowest BCUT2D eigenvalue weighted by Crippen LogP contribution is -2.12. The number of hydrogen-bond donors (Lipinski definition) is 2. The maximum Gasteiger partial charge on any atom is 0.189 e. The summed E-state index contributed by atoms with van der Waals surface area (Å²) in [6.45, 7) is 0. The Labute approximate surface area is 119 Å². The van der Waals surface area contributed by atoms with Gasteiger partial charge in [0.1, 0.15) is 10.8 Å². The second-order valence-corrected chi connectivity index (χ2v) is 5.35. The van der Waals surface area contributed by atoms with E-state index in [1.54, 1.807) is 17.4 Å². The lowest BCUT2D eigenvalue weighted by Gasteiger charge is -2.03. The van der Waals surface area contributed by atoms with Crippen molar-refractivity contribution in [2.24, 2.45) is 5.73 Å². The number of pyridine rings is 1. The molecule has 0 aliphatic heterocycles. The van der Waals surface area contributed by atoms with E-state index in [2.05, 4.69) is 15.3 Å². The molecule has 0 fully saturated rings. The molecule has 3 aromatic rings. The first kappa shape index (κ1) is 12.0. The quantitative estimate of drug-likeness (QED) is 0.724. The Morgan fingerprint density at radius 1 is 1.11 bits per heavy atom. The van der Waals surface area contributed by atoms with Crippen LogP contribution in [-0.4, -0.2) is 15.0 Å². The van der Waals surface area contributed by atoms with Gasteiger partial charge in [-0.15, -0.1) is 0 Å². The zero-order chi connectivity index (χ0) is 13.2. The van der Waals surface area contributed by atoms with Gasteiger partial charge in [0.15, 0.2) is 5.13 Å². The number of nitrogens with two attached hydrogens (primary N) is 1. The molecule has 0 unspecified atom stereocenters. The molecule has 0 bridgehead atoms. The highest BCUT2D eigenvalue weighted by Crippen LogP contribution is 2.27. The minimum absolute atomic E-state index is 0.285. The molecule has 0 amide bonds. The third kappa shape index (κ3) is 2.54. The smallest absolute Gasteiger partial charge is 0.189 e. The summed E-state index contributed by atoms with van der Waals surface area (Å²) in [4.78, 5) is 9.10. The zero-order valence-electron chi connectivity index (χ0n) is 9.83. The van der Waals surface area contributed by atoms with Gasteiger partial charge in [0.2, 0.25) is 0 Å². The summed E-state index contributed by atoms with van der Waals surface area (Å²) in [7, 11) is 0. The van der Waals surface area contributed by atoms with Crippen molar-refractivity contribution < 1.29 is 0 Å². The number of thiazole rings is 1. The lowest BCUT2D eigenvalue weighted by atomic mass is 10.3. The third-order valence-electron chi connectivity index (χ3n) is 2.53. The molecular formula is C13H10N4S2. The van der Waals surface area contributed by atoms with Gasteiger partial charge in [0.25, 0.3) is 0 Å². The summed E-state index contributed by atoms with van der Waals surface area (Å²) < 4.78 is 1.13. The highest BCUT2D eigenvalue weighted by atomic mass is 32.1. The Bertz CT molecular complexity index is 718. The van der Waals surface area contributed by atoms with E-state index in [0.29, 0.717) is 11.5 Å². The summed E-state index contributed by atoms with van der Waals surface area (Å²) in [6, 6.07) is 13.5. The molecule has 2 heterocycles. The Kier molecular flexibility index (Phi) is 3.10. The van der Waals surface area contributed by atoms with Gasteiger partial charge in [-0.3, -0.25) is 0 Å². The minimum Gasteiger partial charge on any atom is -0.388 e. The van der Waals surface area contributed by atoms with Crippen LogP contribution < -0.4 is 11.1 Å². The summed E-state index contributed by atoms with van der Waals surface area (Å²) in [6.07, 6.45) is 0. The molecule has 0 aliphatic rings. The second-order valence-electron chi connectivity index (χ2n) is 3.88. The fraction of sp³-hybridized carbons (Fsp3) is 0. The van der Waals surface area contributed by atoms with Crippen LogP contribution in [0.5, 0.6) is 0 Å². The van der Waals surface area contributed by atoms with E-state index in [1.165, 1.54) is 0 Å². The molecular weight excluding hydrogens is 276 g/mol. The van der Waals surface area contributed by atoms with Crippen LogP contribution in [-0.2, 0) is 0 Å². The Morgan fingerprint density at radius 2 is 1.95 bits per heavy atom. The Balaban J connectivity index is 1.92. The number of para-hydroxylation sites is 1. The summed E-state index contributed by atoms with van der Waals surface area (Å²) in [5, 5.41) is 3.97. The van der Waals surface area contributed by atoms with E-state index in [0.717, 1.165) is 15.3 Å². The summed E-state index contributed by atoms with van der Waals surface area (Å²) in [5.41, 5.74) is 7.14. The first-order chi connectivity index (χ1) is 9.22. The van der Waals surface area contributed by atoms with Crippen molar-refractivity contribution in [3.05, 3.63) is 48.2 Å². The van der Waals surface area contributed by atoms with Crippen molar-refractivity contribution in [3.8, 4) is 0 Å². The van der Waals surface area contributed by atoms with Crippen LogP contribution >= 0.6 is 23.6 Å². The monoisotopic (exact) mass is 286 g/mol. The lowest BCUT2D eigenvalue weighted by molar-refractivity contribution is 1.27. The molecule has 0 atom stereocenters. The van der Waals surface area contributed by atoms with Gasteiger partial charge < -0.3 is 11.1 Å². The standard InChI is InChI=1S/C13H10N4S2/c14-12(18)9-5-3-7-11(15-9)17-13-16-8-4-1-2-6-10(8)19-13/h1-7H,(H2,14,18)(H,15,16,17). The number of nitrogens with zero attached hydrogens (tertiary/aromatic N) is 2. The van der Waals surface area contributed by atoms with Gasteiger partial charge in [-0.05, 0) is 24.3 Å². The predicted octanol–water partition coefficient (Wildman–Crippen LogP) is 3.07. The number of nitrogens with one attached hydrogen (secondary N) is 1. The van der Waals surface area contributed by atoms with Gasteiger partial charge in [0, 0.05) is 0 Å². The molecule has 0 spiro atoms. The Hall–Kier alpha value is -2.05. The van der Waals surface area contributed by atoms with E-state index >= 15 is 0 Å². The van der Waals surface area contributed by atoms with Crippen molar-refractivity contribution in [3.63, 3.8) is 0 Å². The zero-order valence-corrected chi connectivity index (χ0v) is 11.5. The molecule has 4 nitrogen and oxygen atoms in total. The van der Waals surface area contributed by atoms with Crippen LogP contribution in [0.3, 0.4) is 0 Å². The van der Waals surface area contributed by atoms with Crippen molar-refractivity contribution in [1.29, 1.82) is 0 Å². The van der Waals surface area contributed by atoms with Gasteiger partial charge in [-0.2, -0.15) is 0 Å². The van der Waals surface area contributed by atoms with Crippen LogP contribution in [0.2, 0.25) is 0 Å². The van der Waals surface area contributed by atoms with Gasteiger partial charge in [-0.25, -0.2) is 9.97 Å². The maximum absolute atomic E-state index is 5.57. The highest BCUT2D eigenvalue weighted by Gasteiger charge is 2.05. The number of anilines is 2. The molecule has 0 saturated carbocycles. The fourth-order valence-corrected chi connectivity index (χ4v) is 2.66. The van der Waals surface area contributed by atoms with E-state index in [1.807, 2.05) is 36.4 Å². The normalized spacial score (nSPS) is 10.5. The number of thiocarbonyl (C=S) groups is 1. The van der Waals surface area contributed by atoms with E-state index in [9.17, 15) is 0 Å². The van der Waals surface area contributed by atoms with Crippen LogP contribution in [0.4, 0.5) is 10.9 Å². The molecule has 6 heteroatoms. The average molecular weight is 286 g/mol. The number of rotatable bonds is 3. The molecule has 0 radical (unpaired) electrons. The summed E-state index contributed by atoms with van der Waals surface area (Å²) >= 11 is 6.49. The molecule has 0 aliphatic carbocycles. The average Bonchev–Trinajstić information content (AvgIpc) is 2.81. The van der Waals surface area contributed by atoms with Gasteiger partial charge in [-0.1, -0.05) is 41.8 Å². The van der Waals surface area contributed by atoms with Crippen molar-refractivity contribution >= 4 is 49.7 Å². The van der Waals surface area contributed by atoms with E-state index < -0.39 is 0 Å². The predicted molar refractivity (Wildman–Crippen MR) is 83.0 cm³/mol. The van der Waals surface area contributed by atoms with Crippen molar-refractivity contribution in [2.75, 3.05) is 5.32 Å². The molecule has 3 rings (SSSR count). The molecule has 94 valence electrons. The first-order valence-corrected chi connectivity index (χ1v) is 6.84. The maximum atomic E-state index is 5.57. The van der Waals surface area contributed by atoms with E-state index in [-0.39, 0.29) is 4.99 Å². The van der Waals surface area contributed by atoms with Crippen LogP contribution in [0.1, 0.15) is 5.69 Å². The van der Waals surface area contributed by atoms with Gasteiger partial charge in [0.05, 0.1) is 15.9 Å². The van der Waals surface area contributed by atoms with E-state index in [4.69, 9.17) is 18.0 Å². The number of aromatic nitrogens is 2. The van der Waals surface area contributed by atoms with Crippen LogP contribution in [0, 0.1) is 0 Å².